The van der Waals surface area contributed by atoms with Crippen LogP contribution in [-0.2, 0) is 16.0 Å². The highest BCUT2D eigenvalue weighted by Gasteiger charge is 2.46. The Morgan fingerprint density at radius 3 is 2.58 bits per heavy atom. The molecule has 2 aromatic carbocycles. The lowest BCUT2D eigenvalue weighted by atomic mass is 9.94. The second-order valence-corrected chi connectivity index (χ2v) is 9.13. The van der Waals surface area contributed by atoms with Gasteiger partial charge >= 0.3 is 0 Å². The number of carbonyl (C=O) groups is 2. The van der Waals surface area contributed by atoms with E-state index in [0.717, 1.165) is 24.4 Å². The van der Waals surface area contributed by atoms with Gasteiger partial charge in [-0.15, -0.1) is 0 Å². The van der Waals surface area contributed by atoms with E-state index < -0.39 is 17.7 Å². The number of ether oxygens (including phenoxy) is 2. The van der Waals surface area contributed by atoms with Gasteiger partial charge in [0.2, 0.25) is 0 Å². The minimum atomic E-state index is -0.816. The summed E-state index contributed by atoms with van der Waals surface area (Å²) in [6.07, 6.45) is 0.741. The molecular formula is C28H34N2O6. The number of aromatic hydroxyl groups is 1. The number of Topliss-reactive ketones (excluding diaryl/α,β-unsaturated/α-hetero) is 1. The van der Waals surface area contributed by atoms with Crippen molar-refractivity contribution in [3.63, 3.8) is 0 Å². The summed E-state index contributed by atoms with van der Waals surface area (Å²) in [7, 11) is 0. The number of phenols is 1. The first kappa shape index (κ1) is 25.6. The van der Waals surface area contributed by atoms with Crippen LogP contribution in [0, 0.1) is 0 Å². The average Bonchev–Trinajstić information content (AvgIpc) is 3.36. The number of nitrogens with zero attached hydrogens (tertiary/aromatic N) is 2. The zero-order chi connectivity index (χ0) is 26.0. The molecule has 0 bridgehead atoms. The van der Waals surface area contributed by atoms with Crippen molar-refractivity contribution >= 4 is 17.4 Å². The number of rotatable bonds is 9. The summed E-state index contributed by atoms with van der Waals surface area (Å²) >= 11 is 0. The predicted molar refractivity (Wildman–Crippen MR) is 136 cm³/mol. The number of benzene rings is 2. The van der Waals surface area contributed by atoms with E-state index in [1.807, 2.05) is 26.8 Å². The number of hydrogen-bond donors (Lipinski definition) is 2. The van der Waals surface area contributed by atoms with Crippen molar-refractivity contribution in [2.75, 3.05) is 32.8 Å². The minimum absolute atomic E-state index is 0.0274. The summed E-state index contributed by atoms with van der Waals surface area (Å²) in [6, 6.07) is 9.26. The van der Waals surface area contributed by atoms with Gasteiger partial charge in [0.1, 0.15) is 17.6 Å². The summed E-state index contributed by atoms with van der Waals surface area (Å²) in [5, 5.41) is 21.6. The van der Waals surface area contributed by atoms with Crippen LogP contribution in [0.5, 0.6) is 17.2 Å². The van der Waals surface area contributed by atoms with Crippen LogP contribution in [0.4, 0.5) is 0 Å². The summed E-state index contributed by atoms with van der Waals surface area (Å²) < 4.78 is 11.3. The molecule has 2 N–H and O–H groups in total. The normalized spacial score (nSPS) is 20.6. The molecule has 1 saturated heterocycles. The Morgan fingerprint density at radius 2 is 1.89 bits per heavy atom. The van der Waals surface area contributed by atoms with Crippen LogP contribution in [-0.4, -0.2) is 70.6 Å². The Hall–Kier alpha value is -3.52. The van der Waals surface area contributed by atoms with Gasteiger partial charge in [0.05, 0.1) is 18.2 Å². The summed E-state index contributed by atoms with van der Waals surface area (Å²) in [5.41, 5.74) is 2.01. The molecule has 0 aliphatic carbocycles. The first-order valence-corrected chi connectivity index (χ1v) is 12.5. The van der Waals surface area contributed by atoms with Crippen molar-refractivity contribution in [2.24, 2.45) is 0 Å². The van der Waals surface area contributed by atoms with Gasteiger partial charge in [-0.3, -0.25) is 9.59 Å². The van der Waals surface area contributed by atoms with Gasteiger partial charge in [0.25, 0.3) is 11.7 Å². The summed E-state index contributed by atoms with van der Waals surface area (Å²) in [4.78, 5) is 30.3. The zero-order valence-corrected chi connectivity index (χ0v) is 21.3. The van der Waals surface area contributed by atoms with Crippen molar-refractivity contribution in [1.82, 2.24) is 9.80 Å². The number of aliphatic hydroxyl groups excluding tert-OH is 1. The molecule has 0 saturated carbocycles. The molecule has 4 rings (SSSR count). The molecule has 2 unspecified atom stereocenters. The third-order valence-electron chi connectivity index (χ3n) is 6.86. The first-order valence-electron chi connectivity index (χ1n) is 12.5. The zero-order valence-electron chi connectivity index (χ0n) is 21.3. The van der Waals surface area contributed by atoms with Crippen molar-refractivity contribution < 1.29 is 29.3 Å². The number of ketones is 1. The predicted octanol–water partition coefficient (Wildman–Crippen LogP) is 3.88. The number of amides is 1. The van der Waals surface area contributed by atoms with Gasteiger partial charge in [-0.1, -0.05) is 19.9 Å². The van der Waals surface area contributed by atoms with E-state index in [1.165, 1.54) is 11.0 Å². The van der Waals surface area contributed by atoms with E-state index in [0.29, 0.717) is 37.2 Å². The quantitative estimate of drug-likeness (QED) is 0.310. The summed E-state index contributed by atoms with van der Waals surface area (Å²) in [6.45, 7) is 10.7. The van der Waals surface area contributed by atoms with Gasteiger partial charge < -0.3 is 29.5 Å². The Morgan fingerprint density at radius 1 is 1.14 bits per heavy atom. The molecule has 192 valence electrons. The highest BCUT2D eigenvalue weighted by Crippen LogP contribution is 2.42. The third kappa shape index (κ3) is 4.78. The highest BCUT2D eigenvalue weighted by atomic mass is 16.5. The molecule has 2 heterocycles. The van der Waals surface area contributed by atoms with E-state index >= 15 is 0 Å². The molecule has 1 fully saturated rings. The van der Waals surface area contributed by atoms with E-state index in [2.05, 4.69) is 4.90 Å². The van der Waals surface area contributed by atoms with Crippen molar-refractivity contribution in [1.29, 1.82) is 0 Å². The number of aliphatic hydroxyl groups is 1. The number of carbonyl (C=O) groups excluding carboxylic acids is 2. The number of fused-ring (bicyclic) bond motifs is 1. The fraction of sp³-hybridized carbons (Fsp3) is 0.429. The SMILES string of the molecule is CCOc1cc(C2C(=C(O)c3ccc4c(c3)CC(C)O4)C(=O)C(=O)N2CCN(CC)CC)ccc1O. The largest absolute Gasteiger partial charge is 0.507 e. The minimum Gasteiger partial charge on any atom is -0.507 e. The maximum Gasteiger partial charge on any atom is 0.295 e. The third-order valence-corrected chi connectivity index (χ3v) is 6.86. The van der Waals surface area contributed by atoms with Crippen molar-refractivity contribution in [3.8, 4) is 17.2 Å². The molecule has 0 spiro atoms. The fourth-order valence-electron chi connectivity index (χ4n) is 4.94. The Kier molecular flexibility index (Phi) is 7.54. The number of likely N-dealkylation sites (tertiary alicyclic amines) is 1. The number of hydrogen-bond acceptors (Lipinski definition) is 7. The monoisotopic (exact) mass is 494 g/mol. The standard InChI is InChI=1S/C28H34N2O6/c1-5-29(6-2)12-13-30-25(18-8-10-21(31)23(16-18)35-7-3)24(27(33)28(30)34)26(32)19-9-11-22-20(15-19)14-17(4)36-22/h8-11,15-17,25,31-32H,5-7,12-14H2,1-4H3. The molecule has 2 atom stereocenters. The lowest BCUT2D eigenvalue weighted by Gasteiger charge is -2.28. The number of phenolic OH excluding ortho intramolecular Hbond substituents is 1. The summed E-state index contributed by atoms with van der Waals surface area (Å²) in [5.74, 6) is -0.625. The Bertz CT molecular complexity index is 1190. The second kappa shape index (κ2) is 10.6. The van der Waals surface area contributed by atoms with Gasteiger partial charge in [0.15, 0.2) is 11.5 Å². The van der Waals surface area contributed by atoms with Crippen LogP contribution >= 0.6 is 0 Å². The molecule has 1 amide bonds. The molecular weight excluding hydrogens is 460 g/mol. The second-order valence-electron chi connectivity index (χ2n) is 9.13. The number of likely N-dealkylation sites (N-methyl/N-ethyl adjacent to an activating group) is 1. The topological polar surface area (TPSA) is 99.5 Å². The van der Waals surface area contributed by atoms with Crippen LogP contribution in [0.15, 0.2) is 42.0 Å². The first-order chi connectivity index (χ1) is 17.3. The molecule has 36 heavy (non-hydrogen) atoms. The molecule has 2 aromatic rings. The molecule has 8 nitrogen and oxygen atoms in total. The molecule has 2 aliphatic heterocycles. The van der Waals surface area contributed by atoms with E-state index in [1.54, 1.807) is 31.2 Å². The van der Waals surface area contributed by atoms with Crippen molar-refractivity contribution in [3.05, 3.63) is 58.7 Å². The molecule has 8 heteroatoms. The highest BCUT2D eigenvalue weighted by molar-refractivity contribution is 6.46. The van der Waals surface area contributed by atoms with Crippen LogP contribution in [0.1, 0.15) is 50.4 Å². The van der Waals surface area contributed by atoms with Crippen molar-refractivity contribution in [2.45, 2.75) is 46.3 Å². The maximum atomic E-state index is 13.3. The van der Waals surface area contributed by atoms with Crippen LogP contribution in [0.25, 0.3) is 5.76 Å². The van der Waals surface area contributed by atoms with Gasteiger partial charge in [-0.2, -0.15) is 0 Å². The average molecular weight is 495 g/mol. The van der Waals surface area contributed by atoms with E-state index in [9.17, 15) is 19.8 Å². The van der Waals surface area contributed by atoms with E-state index in [-0.39, 0.29) is 28.9 Å². The van der Waals surface area contributed by atoms with Gasteiger partial charge in [-0.25, -0.2) is 0 Å². The van der Waals surface area contributed by atoms with E-state index in [4.69, 9.17) is 9.47 Å². The smallest absolute Gasteiger partial charge is 0.295 e. The fourth-order valence-corrected chi connectivity index (χ4v) is 4.94. The maximum absolute atomic E-state index is 13.3. The van der Waals surface area contributed by atoms with Crippen LogP contribution < -0.4 is 9.47 Å². The van der Waals surface area contributed by atoms with Gasteiger partial charge in [-0.05, 0) is 68.4 Å². The molecule has 0 aromatic heterocycles. The van der Waals surface area contributed by atoms with Crippen LogP contribution in [0.3, 0.4) is 0 Å². The Balaban J connectivity index is 1.81. The molecule has 0 radical (unpaired) electrons. The van der Waals surface area contributed by atoms with Crippen LogP contribution in [0.2, 0.25) is 0 Å². The lowest BCUT2D eigenvalue weighted by molar-refractivity contribution is -0.140. The lowest BCUT2D eigenvalue weighted by Crippen LogP contribution is -2.38. The molecule has 2 aliphatic rings. The van der Waals surface area contributed by atoms with Gasteiger partial charge in [0, 0.05) is 25.1 Å². The Labute approximate surface area is 211 Å².